The molecule has 1 aromatic carbocycles. The number of rotatable bonds is 5. The smallest absolute Gasteiger partial charge is 0.407 e. The van der Waals surface area contributed by atoms with Crippen molar-refractivity contribution in [2.24, 2.45) is 5.92 Å². The lowest BCUT2D eigenvalue weighted by Crippen LogP contribution is -2.51. The van der Waals surface area contributed by atoms with Crippen LogP contribution in [-0.4, -0.2) is 79.6 Å². The number of carbonyl (C=O) groups is 3. The molecule has 3 aliphatic rings. The van der Waals surface area contributed by atoms with Gasteiger partial charge in [0, 0.05) is 63.3 Å². The molecule has 0 aromatic heterocycles. The minimum Gasteiger partial charge on any atom is -0.439 e. The number of nitrogens with one attached hydrogen (secondary N) is 1. The molecule has 1 N–H and O–H groups in total. The molecule has 1 aliphatic carbocycles. The number of hydrogen-bond donors (Lipinski definition) is 1. The molecule has 2 fully saturated rings. The summed E-state index contributed by atoms with van der Waals surface area (Å²) in [6, 6.07) is 6.37. The maximum absolute atomic E-state index is 12.3. The van der Waals surface area contributed by atoms with Gasteiger partial charge in [-0.1, -0.05) is 70.6 Å². The van der Waals surface area contributed by atoms with Crippen LogP contribution in [0.5, 0.6) is 0 Å². The van der Waals surface area contributed by atoms with Gasteiger partial charge in [0.25, 0.3) is 5.91 Å². The normalized spacial score (nSPS) is 19.7. The van der Waals surface area contributed by atoms with Gasteiger partial charge in [-0.05, 0) is 31.4 Å². The molecule has 1 unspecified atom stereocenters. The molecule has 212 valence electrons. The summed E-state index contributed by atoms with van der Waals surface area (Å²) in [4.78, 5) is 41.5. The van der Waals surface area contributed by atoms with Crippen LogP contribution in [0.3, 0.4) is 0 Å². The lowest BCUT2D eigenvalue weighted by molar-refractivity contribution is -0.140. The van der Waals surface area contributed by atoms with E-state index in [1.807, 2.05) is 6.92 Å². The standard InChI is InChI=1S/C23H34N4O4.C7H14/c1-16-6-7-20-19(12-16)23(4,5)15-27(20)13-17(2)24-22(30)31-14-21(29)26-10-8-25(9-11-26)18(3)28;1-7-5-3-2-4-6-7/h6-7,12,17H,8-11,13-15H2,1-5H3,(H,24,30);7H,2-6H2,1H3. The Kier molecular flexibility index (Phi) is 10.5. The van der Waals surface area contributed by atoms with Gasteiger partial charge in [0.05, 0.1) is 0 Å². The fraction of sp³-hybridized carbons (Fsp3) is 0.700. The molecular weight excluding hydrogens is 480 g/mol. The summed E-state index contributed by atoms with van der Waals surface area (Å²) < 4.78 is 5.15. The van der Waals surface area contributed by atoms with Crippen molar-refractivity contribution in [3.05, 3.63) is 29.3 Å². The number of carbonyl (C=O) groups excluding carboxylic acids is 3. The maximum Gasteiger partial charge on any atom is 0.407 e. The van der Waals surface area contributed by atoms with Crippen LogP contribution < -0.4 is 10.2 Å². The lowest BCUT2D eigenvalue weighted by Gasteiger charge is -2.34. The van der Waals surface area contributed by atoms with Gasteiger partial charge in [-0.25, -0.2) is 4.79 Å². The van der Waals surface area contributed by atoms with Crippen LogP contribution in [0.25, 0.3) is 0 Å². The molecule has 1 atom stereocenters. The Labute approximate surface area is 229 Å². The molecule has 3 amide bonds. The molecule has 38 heavy (non-hydrogen) atoms. The molecule has 0 radical (unpaired) electrons. The first-order valence-corrected chi connectivity index (χ1v) is 14.3. The number of nitrogens with zero attached hydrogens (tertiary/aromatic N) is 3. The Hall–Kier alpha value is -2.77. The fourth-order valence-electron chi connectivity index (χ4n) is 5.69. The third-order valence-corrected chi connectivity index (χ3v) is 7.96. The first-order chi connectivity index (χ1) is 18.0. The zero-order chi connectivity index (χ0) is 27.9. The van der Waals surface area contributed by atoms with Crippen LogP contribution in [0.4, 0.5) is 10.5 Å². The first-order valence-electron chi connectivity index (χ1n) is 14.3. The van der Waals surface area contributed by atoms with Crippen molar-refractivity contribution < 1.29 is 19.1 Å². The predicted molar refractivity (Wildman–Crippen MR) is 151 cm³/mol. The summed E-state index contributed by atoms with van der Waals surface area (Å²) in [5, 5.41) is 2.83. The summed E-state index contributed by atoms with van der Waals surface area (Å²) >= 11 is 0. The minimum absolute atomic E-state index is 0.0101. The summed E-state index contributed by atoms with van der Waals surface area (Å²) in [5.74, 6) is 0.807. The highest BCUT2D eigenvalue weighted by atomic mass is 16.6. The van der Waals surface area contributed by atoms with Crippen molar-refractivity contribution in [3.63, 3.8) is 0 Å². The Morgan fingerprint density at radius 3 is 2.26 bits per heavy atom. The molecule has 2 heterocycles. The van der Waals surface area contributed by atoms with Crippen LogP contribution in [0.1, 0.15) is 77.8 Å². The number of fused-ring (bicyclic) bond motifs is 1. The fourth-order valence-corrected chi connectivity index (χ4v) is 5.69. The van der Waals surface area contributed by atoms with E-state index in [-0.39, 0.29) is 29.9 Å². The van der Waals surface area contributed by atoms with Crippen LogP contribution in [0.15, 0.2) is 18.2 Å². The summed E-state index contributed by atoms with van der Waals surface area (Å²) in [6.45, 7) is 15.6. The van der Waals surface area contributed by atoms with E-state index in [9.17, 15) is 14.4 Å². The van der Waals surface area contributed by atoms with E-state index in [0.29, 0.717) is 32.7 Å². The van der Waals surface area contributed by atoms with Gasteiger partial charge in [-0.15, -0.1) is 0 Å². The van der Waals surface area contributed by atoms with Crippen molar-refractivity contribution in [3.8, 4) is 0 Å². The summed E-state index contributed by atoms with van der Waals surface area (Å²) in [5.41, 5.74) is 3.84. The Bertz CT molecular complexity index is 965. The van der Waals surface area contributed by atoms with Crippen molar-refractivity contribution in [1.82, 2.24) is 15.1 Å². The number of benzene rings is 1. The second-order valence-corrected chi connectivity index (χ2v) is 12.0. The van der Waals surface area contributed by atoms with E-state index in [1.54, 1.807) is 9.80 Å². The largest absolute Gasteiger partial charge is 0.439 e. The van der Waals surface area contributed by atoms with Crippen LogP contribution >= 0.6 is 0 Å². The van der Waals surface area contributed by atoms with Crippen LogP contribution in [0.2, 0.25) is 0 Å². The molecule has 1 aromatic rings. The van der Waals surface area contributed by atoms with Crippen molar-refractivity contribution in [2.75, 3.05) is 50.8 Å². The van der Waals surface area contributed by atoms with Crippen molar-refractivity contribution in [1.29, 1.82) is 0 Å². The van der Waals surface area contributed by atoms with Crippen molar-refractivity contribution in [2.45, 2.75) is 85.1 Å². The Balaban J connectivity index is 0.000000494. The number of alkyl carbamates (subject to hydrolysis) is 1. The van der Waals surface area contributed by atoms with Gasteiger partial charge in [0.1, 0.15) is 0 Å². The quantitative estimate of drug-likeness (QED) is 0.609. The molecule has 8 heteroatoms. The zero-order valence-electron chi connectivity index (χ0n) is 24.3. The summed E-state index contributed by atoms with van der Waals surface area (Å²) in [7, 11) is 0. The van der Waals surface area contributed by atoms with E-state index in [2.05, 4.69) is 56.1 Å². The van der Waals surface area contributed by atoms with E-state index < -0.39 is 6.09 Å². The van der Waals surface area contributed by atoms with E-state index >= 15 is 0 Å². The zero-order valence-corrected chi connectivity index (χ0v) is 24.3. The topological polar surface area (TPSA) is 82.2 Å². The monoisotopic (exact) mass is 528 g/mol. The Morgan fingerprint density at radius 2 is 1.68 bits per heavy atom. The van der Waals surface area contributed by atoms with Gasteiger partial charge in [-0.2, -0.15) is 0 Å². The third kappa shape index (κ3) is 8.37. The summed E-state index contributed by atoms with van der Waals surface area (Å²) in [6.07, 6.45) is 6.85. The van der Waals surface area contributed by atoms with Crippen LogP contribution in [0, 0.1) is 12.8 Å². The van der Waals surface area contributed by atoms with Gasteiger partial charge in [0.2, 0.25) is 5.91 Å². The third-order valence-electron chi connectivity index (χ3n) is 7.96. The highest BCUT2D eigenvalue weighted by molar-refractivity contribution is 5.81. The van der Waals surface area contributed by atoms with E-state index in [0.717, 1.165) is 12.5 Å². The minimum atomic E-state index is -0.592. The molecular formula is C30H48N4O4. The van der Waals surface area contributed by atoms with Gasteiger partial charge >= 0.3 is 6.09 Å². The van der Waals surface area contributed by atoms with Gasteiger partial charge < -0.3 is 24.8 Å². The molecule has 4 rings (SSSR count). The Morgan fingerprint density at radius 1 is 1.05 bits per heavy atom. The second-order valence-electron chi connectivity index (χ2n) is 12.0. The number of hydrogen-bond acceptors (Lipinski definition) is 5. The number of aryl methyl sites for hydroxylation is 1. The first kappa shape index (κ1) is 29.8. The molecule has 2 aliphatic heterocycles. The SMILES string of the molecule is CC(=O)N1CCN(C(=O)COC(=O)NC(C)CN2CC(C)(C)c3cc(C)ccc32)CC1.CC1CCCCC1. The van der Waals surface area contributed by atoms with Gasteiger partial charge in [0.15, 0.2) is 6.61 Å². The lowest BCUT2D eigenvalue weighted by atomic mass is 9.86. The predicted octanol–water partition coefficient (Wildman–Crippen LogP) is 4.48. The highest BCUT2D eigenvalue weighted by Crippen LogP contribution is 2.40. The average Bonchev–Trinajstić information content (AvgIpc) is 3.11. The number of anilines is 1. The average molecular weight is 529 g/mol. The number of amides is 3. The molecule has 0 bridgehead atoms. The highest BCUT2D eigenvalue weighted by Gasteiger charge is 2.35. The molecule has 0 spiro atoms. The van der Waals surface area contributed by atoms with E-state index in [1.165, 1.54) is 55.8 Å². The second kappa shape index (κ2) is 13.3. The van der Waals surface area contributed by atoms with Gasteiger partial charge in [-0.3, -0.25) is 9.59 Å². The molecule has 8 nitrogen and oxygen atoms in total. The number of piperazine rings is 1. The molecule has 1 saturated carbocycles. The maximum atomic E-state index is 12.3. The van der Waals surface area contributed by atoms with Crippen LogP contribution in [-0.2, 0) is 19.7 Å². The number of ether oxygens (including phenoxy) is 1. The van der Waals surface area contributed by atoms with Crippen molar-refractivity contribution >= 4 is 23.6 Å². The molecule has 1 saturated heterocycles. The van der Waals surface area contributed by atoms with E-state index in [4.69, 9.17) is 4.74 Å².